The number of rotatable bonds is 1. The van der Waals surface area contributed by atoms with E-state index in [0.29, 0.717) is 16.8 Å². The second-order valence-electron chi connectivity index (χ2n) is 2.67. The number of amidine groups is 1. The van der Waals surface area contributed by atoms with Crippen molar-refractivity contribution in [1.29, 1.82) is 0 Å². The fourth-order valence-electron chi connectivity index (χ4n) is 0.715. The molecule has 0 aromatic carbocycles. The van der Waals surface area contributed by atoms with E-state index in [1.807, 2.05) is 0 Å². The molecule has 3 nitrogen and oxygen atoms in total. The van der Waals surface area contributed by atoms with Gasteiger partial charge in [0.25, 0.3) is 0 Å². The Balaban J connectivity index is 2.52. The highest BCUT2D eigenvalue weighted by atomic mass is 35.5. The van der Waals surface area contributed by atoms with Gasteiger partial charge in [0.05, 0.1) is 11.6 Å². The maximum absolute atomic E-state index is 9.20. The van der Waals surface area contributed by atoms with Gasteiger partial charge in [0, 0.05) is 5.25 Å². The van der Waals surface area contributed by atoms with E-state index < -0.39 is 0 Å². The van der Waals surface area contributed by atoms with Crippen LogP contribution in [0.3, 0.4) is 0 Å². The monoisotopic (exact) mass is 206 g/mol. The largest absolute Gasteiger partial charge is 0.494 e. The molecule has 0 spiro atoms. The highest BCUT2D eigenvalue weighted by Crippen LogP contribution is 2.17. The molecule has 0 atom stereocenters. The van der Waals surface area contributed by atoms with Crippen molar-refractivity contribution in [1.82, 2.24) is 5.32 Å². The van der Waals surface area contributed by atoms with E-state index in [9.17, 15) is 5.11 Å². The van der Waals surface area contributed by atoms with Gasteiger partial charge in [-0.05, 0) is 0 Å². The van der Waals surface area contributed by atoms with Crippen molar-refractivity contribution >= 4 is 28.5 Å². The first kappa shape index (κ1) is 9.74. The standard InChI is InChI=1S/C7H11ClN2OS/c1-4(2)12-7-9-3-5(8)6(11)10-7/h4,11H,3H2,1-2H3,(H,9,10). The highest BCUT2D eigenvalue weighted by Gasteiger charge is 2.13. The molecule has 1 rings (SSSR count). The molecule has 0 radical (unpaired) electrons. The van der Waals surface area contributed by atoms with E-state index in [1.165, 1.54) is 0 Å². The first-order valence-corrected chi connectivity index (χ1v) is 4.91. The molecule has 0 unspecified atom stereocenters. The van der Waals surface area contributed by atoms with E-state index in [4.69, 9.17) is 11.6 Å². The van der Waals surface area contributed by atoms with Gasteiger partial charge in [0.15, 0.2) is 5.17 Å². The van der Waals surface area contributed by atoms with E-state index in [-0.39, 0.29) is 5.88 Å². The van der Waals surface area contributed by atoms with Crippen molar-refractivity contribution < 1.29 is 5.11 Å². The van der Waals surface area contributed by atoms with Crippen LogP contribution in [-0.4, -0.2) is 22.1 Å². The molecule has 2 N–H and O–H groups in total. The summed E-state index contributed by atoms with van der Waals surface area (Å²) in [6, 6.07) is 0. The molecule has 0 fully saturated rings. The maximum atomic E-state index is 9.20. The molecule has 0 bridgehead atoms. The summed E-state index contributed by atoms with van der Waals surface area (Å²) in [5.41, 5.74) is 0. The molecule has 0 aromatic rings. The smallest absolute Gasteiger partial charge is 0.207 e. The molecule has 0 aliphatic carbocycles. The van der Waals surface area contributed by atoms with Crippen molar-refractivity contribution in [3.63, 3.8) is 0 Å². The number of aliphatic hydroxyl groups excluding tert-OH is 1. The normalized spacial score (nSPS) is 17.8. The van der Waals surface area contributed by atoms with Crippen LogP contribution in [0.1, 0.15) is 13.8 Å². The summed E-state index contributed by atoms with van der Waals surface area (Å²) in [4.78, 5) is 4.12. The Morgan fingerprint density at radius 1 is 1.67 bits per heavy atom. The topological polar surface area (TPSA) is 44.6 Å². The third-order valence-electron chi connectivity index (χ3n) is 1.19. The van der Waals surface area contributed by atoms with Crippen molar-refractivity contribution in [2.24, 2.45) is 4.99 Å². The predicted octanol–water partition coefficient (Wildman–Crippen LogP) is 2.05. The zero-order chi connectivity index (χ0) is 9.14. The van der Waals surface area contributed by atoms with Gasteiger partial charge in [-0.1, -0.05) is 37.2 Å². The minimum absolute atomic E-state index is 0.0230. The minimum atomic E-state index is 0.0230. The summed E-state index contributed by atoms with van der Waals surface area (Å²) in [6.07, 6.45) is 0. The van der Waals surface area contributed by atoms with Crippen LogP contribution in [0.15, 0.2) is 15.9 Å². The molecule has 1 aliphatic heterocycles. The summed E-state index contributed by atoms with van der Waals surface area (Å²) >= 11 is 7.19. The highest BCUT2D eigenvalue weighted by molar-refractivity contribution is 8.14. The van der Waals surface area contributed by atoms with Crippen LogP contribution in [0.2, 0.25) is 0 Å². The number of thioether (sulfide) groups is 1. The number of halogens is 1. The SMILES string of the molecule is CC(C)SC1=NCC(Cl)=C(O)N1. The second-order valence-corrected chi connectivity index (χ2v) is 4.69. The summed E-state index contributed by atoms with van der Waals surface area (Å²) in [7, 11) is 0. The van der Waals surface area contributed by atoms with E-state index >= 15 is 0 Å². The molecular weight excluding hydrogens is 196 g/mol. The fourth-order valence-corrected chi connectivity index (χ4v) is 1.56. The van der Waals surface area contributed by atoms with Crippen LogP contribution >= 0.6 is 23.4 Å². The summed E-state index contributed by atoms with van der Waals surface area (Å²) in [5, 5.41) is 13.5. The number of nitrogens with one attached hydrogen (secondary N) is 1. The van der Waals surface area contributed by atoms with E-state index in [0.717, 1.165) is 5.17 Å². The van der Waals surface area contributed by atoms with Gasteiger partial charge in [-0.2, -0.15) is 0 Å². The molecule has 5 heteroatoms. The second kappa shape index (κ2) is 4.05. The van der Waals surface area contributed by atoms with Crippen molar-refractivity contribution in [2.75, 3.05) is 6.54 Å². The molecule has 1 heterocycles. The van der Waals surface area contributed by atoms with Crippen LogP contribution in [0.4, 0.5) is 0 Å². The van der Waals surface area contributed by atoms with Crippen molar-refractivity contribution in [3.8, 4) is 0 Å². The van der Waals surface area contributed by atoms with Gasteiger partial charge in [0.1, 0.15) is 0 Å². The average molecular weight is 207 g/mol. The third-order valence-corrected chi connectivity index (χ3v) is 2.42. The zero-order valence-corrected chi connectivity index (χ0v) is 8.54. The molecule has 68 valence electrons. The molecule has 12 heavy (non-hydrogen) atoms. The number of nitrogens with zero attached hydrogens (tertiary/aromatic N) is 1. The molecular formula is C7H11ClN2OS. The zero-order valence-electron chi connectivity index (χ0n) is 6.97. The quantitative estimate of drug-likeness (QED) is 0.690. The Labute approximate surface area is 80.9 Å². The molecule has 0 saturated carbocycles. The van der Waals surface area contributed by atoms with Gasteiger partial charge in [0.2, 0.25) is 5.88 Å². The van der Waals surface area contributed by atoms with Crippen LogP contribution in [-0.2, 0) is 0 Å². The number of aliphatic hydroxyl groups is 1. The lowest BCUT2D eigenvalue weighted by atomic mass is 10.5. The number of hydrogen-bond donors (Lipinski definition) is 2. The maximum Gasteiger partial charge on any atom is 0.207 e. The lowest BCUT2D eigenvalue weighted by Gasteiger charge is -2.15. The third kappa shape index (κ3) is 2.60. The Bertz CT molecular complexity index is 238. The summed E-state index contributed by atoms with van der Waals surface area (Å²) < 4.78 is 0. The van der Waals surface area contributed by atoms with Gasteiger partial charge in [-0.25, -0.2) is 0 Å². The minimum Gasteiger partial charge on any atom is -0.494 e. The van der Waals surface area contributed by atoms with Crippen LogP contribution in [0, 0.1) is 0 Å². The first-order valence-electron chi connectivity index (χ1n) is 3.65. The molecule has 0 amide bonds. The van der Waals surface area contributed by atoms with Crippen molar-refractivity contribution in [3.05, 3.63) is 10.9 Å². The van der Waals surface area contributed by atoms with Crippen LogP contribution < -0.4 is 5.32 Å². The van der Waals surface area contributed by atoms with Gasteiger partial charge in [-0.3, -0.25) is 4.99 Å². The Hall–Kier alpha value is -0.350. The van der Waals surface area contributed by atoms with Gasteiger partial charge >= 0.3 is 0 Å². The van der Waals surface area contributed by atoms with Crippen LogP contribution in [0.25, 0.3) is 0 Å². The average Bonchev–Trinajstić information content (AvgIpc) is 1.96. The lowest BCUT2D eigenvalue weighted by Crippen LogP contribution is -2.26. The molecule has 1 aliphatic rings. The Morgan fingerprint density at radius 2 is 2.33 bits per heavy atom. The predicted molar refractivity (Wildman–Crippen MR) is 53.7 cm³/mol. The first-order chi connectivity index (χ1) is 5.59. The fraction of sp³-hybridized carbons (Fsp3) is 0.571. The van der Waals surface area contributed by atoms with E-state index in [2.05, 4.69) is 24.2 Å². The Morgan fingerprint density at radius 3 is 2.83 bits per heavy atom. The Kier molecular flexibility index (Phi) is 3.29. The van der Waals surface area contributed by atoms with Crippen molar-refractivity contribution in [2.45, 2.75) is 19.1 Å². The van der Waals surface area contributed by atoms with E-state index in [1.54, 1.807) is 11.8 Å². The summed E-state index contributed by atoms with van der Waals surface area (Å²) in [5.74, 6) is 0.0230. The summed E-state index contributed by atoms with van der Waals surface area (Å²) in [6.45, 7) is 4.49. The van der Waals surface area contributed by atoms with Crippen LogP contribution in [0.5, 0.6) is 0 Å². The lowest BCUT2D eigenvalue weighted by molar-refractivity contribution is 0.382. The number of hydrogen-bond acceptors (Lipinski definition) is 4. The molecule has 0 aromatic heterocycles. The number of aliphatic imine (C=N–C) groups is 1. The van der Waals surface area contributed by atoms with Gasteiger partial charge in [-0.15, -0.1) is 0 Å². The molecule has 0 saturated heterocycles. The van der Waals surface area contributed by atoms with Gasteiger partial charge < -0.3 is 10.4 Å².